The molecule has 0 spiro atoms. The number of amides is 1. The number of carbonyl (C=O) groups is 1. The zero-order valence-corrected chi connectivity index (χ0v) is 14.0. The molecule has 134 valence electrons. The van der Waals surface area contributed by atoms with Gasteiger partial charge in [-0.1, -0.05) is 19.1 Å². The van der Waals surface area contributed by atoms with Crippen LogP contribution in [-0.2, 0) is 11.0 Å². The summed E-state index contributed by atoms with van der Waals surface area (Å²) in [5.41, 5.74) is -1.04. The average Bonchev–Trinajstić information content (AvgIpc) is 2.55. The van der Waals surface area contributed by atoms with E-state index in [1.807, 2.05) is 0 Å². The van der Waals surface area contributed by atoms with E-state index in [1.54, 1.807) is 6.92 Å². The second-order valence-corrected chi connectivity index (χ2v) is 6.13. The fourth-order valence-electron chi connectivity index (χ4n) is 2.93. The summed E-state index contributed by atoms with van der Waals surface area (Å²) in [6.07, 6.45) is -2.62. The summed E-state index contributed by atoms with van der Waals surface area (Å²) in [6, 6.07) is 4.68. The normalized spacial score (nSPS) is 18.4. The van der Waals surface area contributed by atoms with Gasteiger partial charge in [-0.05, 0) is 51.5 Å². The van der Waals surface area contributed by atoms with Crippen molar-refractivity contribution in [2.75, 3.05) is 25.0 Å². The molecule has 1 unspecified atom stereocenters. The topological polar surface area (TPSA) is 44.4 Å². The Bertz CT molecular complexity index is 554. The number of likely N-dealkylation sites (tertiary alicyclic amines) is 1. The number of piperidine rings is 1. The van der Waals surface area contributed by atoms with Gasteiger partial charge in [0.1, 0.15) is 0 Å². The summed E-state index contributed by atoms with van der Waals surface area (Å²) in [5, 5.41) is 5.62. The monoisotopic (exact) mass is 343 g/mol. The Morgan fingerprint density at radius 2 is 1.92 bits per heavy atom. The molecule has 1 aromatic rings. The maximum atomic E-state index is 13.0. The number of hydrogen-bond acceptors (Lipinski definition) is 3. The quantitative estimate of drug-likeness (QED) is 0.863. The molecular weight excluding hydrogens is 319 g/mol. The molecule has 1 heterocycles. The highest BCUT2D eigenvalue weighted by atomic mass is 19.4. The van der Waals surface area contributed by atoms with Gasteiger partial charge in [-0.3, -0.25) is 4.79 Å². The first-order valence-corrected chi connectivity index (χ1v) is 8.26. The lowest BCUT2D eigenvalue weighted by atomic mass is 10.0. The van der Waals surface area contributed by atoms with Crippen LogP contribution in [0.15, 0.2) is 24.3 Å². The summed E-state index contributed by atoms with van der Waals surface area (Å²) in [4.78, 5) is 14.6. The lowest BCUT2D eigenvalue weighted by molar-refractivity contribution is -0.137. The molecule has 7 heteroatoms. The molecule has 1 saturated heterocycles. The van der Waals surface area contributed by atoms with E-state index < -0.39 is 23.7 Å². The largest absolute Gasteiger partial charge is 0.418 e. The molecule has 0 saturated carbocycles. The highest BCUT2D eigenvalue weighted by Crippen LogP contribution is 2.34. The van der Waals surface area contributed by atoms with Gasteiger partial charge < -0.3 is 15.5 Å². The number of para-hydroxylation sites is 1. The fraction of sp³-hybridized carbons (Fsp3) is 0.588. The molecule has 1 amide bonds. The van der Waals surface area contributed by atoms with E-state index in [1.165, 1.54) is 18.2 Å². The highest BCUT2D eigenvalue weighted by molar-refractivity contribution is 5.95. The van der Waals surface area contributed by atoms with Crippen molar-refractivity contribution >= 4 is 11.6 Å². The molecule has 4 nitrogen and oxygen atoms in total. The van der Waals surface area contributed by atoms with E-state index in [9.17, 15) is 18.0 Å². The molecule has 0 radical (unpaired) electrons. The van der Waals surface area contributed by atoms with Crippen molar-refractivity contribution in [3.8, 4) is 0 Å². The van der Waals surface area contributed by atoms with Gasteiger partial charge in [0, 0.05) is 6.04 Å². The first-order valence-electron chi connectivity index (χ1n) is 8.26. The Hall–Kier alpha value is -1.60. The molecule has 2 rings (SSSR count). The van der Waals surface area contributed by atoms with Gasteiger partial charge >= 0.3 is 6.18 Å². The van der Waals surface area contributed by atoms with Crippen LogP contribution in [0.5, 0.6) is 0 Å². The van der Waals surface area contributed by atoms with Crippen molar-refractivity contribution < 1.29 is 18.0 Å². The van der Waals surface area contributed by atoms with Crippen molar-refractivity contribution in [2.45, 2.75) is 44.9 Å². The zero-order valence-electron chi connectivity index (χ0n) is 14.0. The summed E-state index contributed by atoms with van der Waals surface area (Å²) < 4.78 is 38.9. The summed E-state index contributed by atoms with van der Waals surface area (Å²) in [5.74, 6) is -0.454. The number of hydrogen-bond donors (Lipinski definition) is 2. The van der Waals surface area contributed by atoms with E-state index >= 15 is 0 Å². The first kappa shape index (κ1) is 18.7. The summed E-state index contributed by atoms with van der Waals surface area (Å²) >= 11 is 0. The molecule has 2 N–H and O–H groups in total. The molecule has 0 bridgehead atoms. The van der Waals surface area contributed by atoms with Crippen LogP contribution in [0.4, 0.5) is 18.9 Å². The number of halogens is 3. The number of anilines is 1. The maximum Gasteiger partial charge on any atom is 0.418 e. The van der Waals surface area contributed by atoms with Gasteiger partial charge in [0.2, 0.25) is 5.91 Å². The minimum absolute atomic E-state index is 0.204. The SMILES string of the molecule is CCN1CCC(NC(C)C(=O)Nc2ccccc2C(F)(F)F)CC1. The minimum atomic E-state index is -4.49. The molecule has 1 atom stereocenters. The number of nitrogens with one attached hydrogen (secondary N) is 2. The van der Waals surface area contributed by atoms with Crippen LogP contribution in [0.3, 0.4) is 0 Å². The smallest absolute Gasteiger partial charge is 0.324 e. The Labute approximate surface area is 140 Å². The van der Waals surface area contributed by atoms with E-state index in [0.29, 0.717) is 0 Å². The van der Waals surface area contributed by atoms with Crippen LogP contribution in [0.2, 0.25) is 0 Å². The van der Waals surface area contributed by atoms with Gasteiger partial charge in [-0.25, -0.2) is 0 Å². The van der Waals surface area contributed by atoms with E-state index in [2.05, 4.69) is 22.5 Å². The predicted octanol–water partition coefficient (Wildman–Crippen LogP) is 3.11. The number of nitrogens with zero attached hydrogens (tertiary/aromatic N) is 1. The van der Waals surface area contributed by atoms with E-state index in [4.69, 9.17) is 0 Å². The molecule has 0 aromatic heterocycles. The lowest BCUT2D eigenvalue weighted by Crippen LogP contribution is -2.49. The third-order valence-corrected chi connectivity index (χ3v) is 4.40. The first-order chi connectivity index (χ1) is 11.3. The fourth-order valence-corrected chi connectivity index (χ4v) is 2.93. The second-order valence-electron chi connectivity index (χ2n) is 6.13. The molecular formula is C17H24F3N3O. The van der Waals surface area contributed by atoms with Crippen LogP contribution < -0.4 is 10.6 Å². The molecule has 1 fully saturated rings. The van der Waals surface area contributed by atoms with Gasteiger partial charge in [0.15, 0.2) is 0 Å². The van der Waals surface area contributed by atoms with Crippen LogP contribution >= 0.6 is 0 Å². The third kappa shape index (κ3) is 4.95. The number of carbonyl (C=O) groups excluding carboxylic acids is 1. The standard InChI is InChI=1S/C17H24F3N3O/c1-3-23-10-8-13(9-11-23)21-12(2)16(24)22-15-7-5-4-6-14(15)17(18,19)20/h4-7,12-13,21H,3,8-11H2,1-2H3,(H,22,24). The Morgan fingerprint density at radius 3 is 2.50 bits per heavy atom. The van der Waals surface area contributed by atoms with Crippen molar-refractivity contribution in [2.24, 2.45) is 0 Å². The molecule has 24 heavy (non-hydrogen) atoms. The van der Waals surface area contributed by atoms with Crippen molar-refractivity contribution in [3.05, 3.63) is 29.8 Å². The van der Waals surface area contributed by atoms with Crippen molar-refractivity contribution in [3.63, 3.8) is 0 Å². The van der Waals surface area contributed by atoms with Crippen molar-refractivity contribution in [1.82, 2.24) is 10.2 Å². The van der Waals surface area contributed by atoms with Crippen LogP contribution in [0, 0.1) is 0 Å². The number of benzene rings is 1. The highest BCUT2D eigenvalue weighted by Gasteiger charge is 2.34. The molecule has 0 aliphatic carbocycles. The van der Waals surface area contributed by atoms with Crippen LogP contribution in [-0.4, -0.2) is 42.5 Å². The van der Waals surface area contributed by atoms with E-state index in [0.717, 1.165) is 38.5 Å². The maximum absolute atomic E-state index is 13.0. The lowest BCUT2D eigenvalue weighted by Gasteiger charge is -2.33. The zero-order chi connectivity index (χ0) is 17.7. The van der Waals surface area contributed by atoms with Gasteiger partial charge in [-0.15, -0.1) is 0 Å². The number of rotatable bonds is 5. The Morgan fingerprint density at radius 1 is 1.29 bits per heavy atom. The van der Waals surface area contributed by atoms with Crippen molar-refractivity contribution in [1.29, 1.82) is 0 Å². The molecule has 1 aliphatic rings. The number of alkyl halides is 3. The van der Waals surface area contributed by atoms with E-state index in [-0.39, 0.29) is 11.7 Å². The predicted molar refractivity (Wildman–Crippen MR) is 87.8 cm³/mol. The molecule has 1 aliphatic heterocycles. The minimum Gasteiger partial charge on any atom is -0.324 e. The Kier molecular flexibility index (Phi) is 6.23. The van der Waals surface area contributed by atoms with Crippen LogP contribution in [0.25, 0.3) is 0 Å². The van der Waals surface area contributed by atoms with Gasteiger partial charge in [0.05, 0.1) is 17.3 Å². The van der Waals surface area contributed by atoms with Gasteiger partial charge in [-0.2, -0.15) is 13.2 Å². The summed E-state index contributed by atoms with van der Waals surface area (Å²) in [6.45, 7) is 6.75. The third-order valence-electron chi connectivity index (χ3n) is 4.40. The second kappa shape index (κ2) is 7.98. The van der Waals surface area contributed by atoms with Crippen LogP contribution in [0.1, 0.15) is 32.3 Å². The Balaban J connectivity index is 1.93. The molecule has 1 aromatic carbocycles. The summed E-state index contributed by atoms with van der Waals surface area (Å²) in [7, 11) is 0. The average molecular weight is 343 g/mol. The van der Waals surface area contributed by atoms with Gasteiger partial charge in [0.25, 0.3) is 0 Å².